The molecule has 0 unspecified atom stereocenters. The fourth-order valence-electron chi connectivity index (χ4n) is 4.71. The van der Waals surface area contributed by atoms with Crippen molar-refractivity contribution in [3.8, 4) is 17.5 Å². The molecule has 0 bridgehead atoms. The molecule has 0 N–H and O–H groups in total. The van der Waals surface area contributed by atoms with Crippen LogP contribution in [0.2, 0.25) is 0 Å². The van der Waals surface area contributed by atoms with Gasteiger partial charge < -0.3 is 4.57 Å². The van der Waals surface area contributed by atoms with Crippen LogP contribution in [-0.4, -0.2) is 4.57 Å². The first kappa shape index (κ1) is 24.0. The Kier molecular flexibility index (Phi) is 5.80. The van der Waals surface area contributed by atoms with Crippen LogP contribution in [0, 0.1) is 18.8 Å². The van der Waals surface area contributed by atoms with Gasteiger partial charge >= 0.3 is 0 Å². The van der Waals surface area contributed by atoms with Gasteiger partial charge in [0, 0.05) is 27.6 Å². The van der Waals surface area contributed by atoms with Crippen molar-refractivity contribution in [2.45, 2.75) is 59.3 Å². The second-order valence-electron chi connectivity index (χ2n) is 12.0. The van der Waals surface area contributed by atoms with E-state index in [9.17, 15) is 0 Å². The van der Waals surface area contributed by atoms with E-state index in [1.807, 2.05) is 0 Å². The van der Waals surface area contributed by atoms with Crippen LogP contribution in [0.5, 0.6) is 0 Å². The van der Waals surface area contributed by atoms with E-state index in [0.717, 1.165) is 16.8 Å². The first-order valence-electron chi connectivity index (χ1n) is 12.8. The summed E-state index contributed by atoms with van der Waals surface area (Å²) in [5, 5.41) is 2.62. The lowest BCUT2D eigenvalue weighted by atomic mass is 9.85. The quantitative estimate of drug-likeness (QED) is 0.216. The largest absolute Gasteiger partial charge is 0.309 e. The molecule has 180 valence electrons. The molecular weight excluding hydrogens is 434 g/mol. The monoisotopic (exact) mass is 469 g/mol. The lowest BCUT2D eigenvalue weighted by Gasteiger charge is -2.19. The van der Waals surface area contributed by atoms with Crippen molar-refractivity contribution in [1.82, 2.24) is 4.57 Å². The summed E-state index contributed by atoms with van der Waals surface area (Å²) in [4.78, 5) is 0. The first-order valence-corrected chi connectivity index (χ1v) is 12.8. The Hall–Kier alpha value is -3.76. The molecule has 0 saturated heterocycles. The summed E-state index contributed by atoms with van der Waals surface area (Å²) in [7, 11) is 0. The molecule has 5 aromatic rings. The minimum atomic E-state index is 0.0992. The van der Waals surface area contributed by atoms with Gasteiger partial charge in [0.15, 0.2) is 0 Å². The Bertz CT molecular complexity index is 1550. The number of rotatable bonds is 1. The smallest absolute Gasteiger partial charge is 0.0541 e. The van der Waals surface area contributed by atoms with E-state index >= 15 is 0 Å². The molecule has 0 fully saturated rings. The molecule has 0 saturated carbocycles. The average Bonchev–Trinajstić information content (AvgIpc) is 3.16. The van der Waals surface area contributed by atoms with Crippen LogP contribution in [0.4, 0.5) is 0 Å². The lowest BCUT2D eigenvalue weighted by molar-refractivity contribution is 0.590. The summed E-state index contributed by atoms with van der Waals surface area (Å²) >= 11 is 0. The molecule has 0 spiro atoms. The second kappa shape index (κ2) is 8.72. The normalized spacial score (nSPS) is 12.1. The molecule has 0 aliphatic carbocycles. The Labute approximate surface area is 215 Å². The Morgan fingerprint density at radius 1 is 0.528 bits per heavy atom. The van der Waals surface area contributed by atoms with Gasteiger partial charge in [0.25, 0.3) is 0 Å². The highest BCUT2D eigenvalue weighted by molar-refractivity contribution is 6.09. The number of hydrogen-bond acceptors (Lipinski definition) is 0. The van der Waals surface area contributed by atoms with Gasteiger partial charge in [-0.05, 0) is 89.5 Å². The van der Waals surface area contributed by atoms with Gasteiger partial charge in [-0.1, -0.05) is 83.2 Å². The van der Waals surface area contributed by atoms with Crippen molar-refractivity contribution >= 4 is 21.8 Å². The minimum absolute atomic E-state index is 0.0992. The van der Waals surface area contributed by atoms with E-state index < -0.39 is 0 Å². The molecule has 1 nitrogen and oxygen atoms in total. The van der Waals surface area contributed by atoms with Gasteiger partial charge in [-0.15, -0.1) is 0 Å². The van der Waals surface area contributed by atoms with Crippen molar-refractivity contribution in [3.05, 3.63) is 113 Å². The van der Waals surface area contributed by atoms with Crippen molar-refractivity contribution in [3.63, 3.8) is 0 Å². The fourth-order valence-corrected chi connectivity index (χ4v) is 4.71. The average molecular weight is 470 g/mol. The van der Waals surface area contributed by atoms with Gasteiger partial charge in [0.1, 0.15) is 0 Å². The van der Waals surface area contributed by atoms with Crippen molar-refractivity contribution in [2.75, 3.05) is 0 Å². The van der Waals surface area contributed by atoms with Gasteiger partial charge in [0.05, 0.1) is 11.0 Å². The van der Waals surface area contributed by atoms with Crippen LogP contribution in [-0.2, 0) is 10.8 Å². The summed E-state index contributed by atoms with van der Waals surface area (Å²) in [6.07, 6.45) is 0. The summed E-state index contributed by atoms with van der Waals surface area (Å²) < 4.78 is 2.39. The van der Waals surface area contributed by atoms with Crippen LogP contribution in [0.1, 0.15) is 69.4 Å². The number of aryl methyl sites for hydroxylation is 1. The van der Waals surface area contributed by atoms with E-state index in [-0.39, 0.29) is 10.8 Å². The van der Waals surface area contributed by atoms with E-state index in [1.54, 1.807) is 0 Å². The van der Waals surface area contributed by atoms with Crippen LogP contribution in [0.3, 0.4) is 0 Å². The molecule has 5 rings (SSSR count). The first-order chi connectivity index (χ1) is 17.0. The van der Waals surface area contributed by atoms with Crippen LogP contribution in [0.15, 0.2) is 84.9 Å². The maximum absolute atomic E-state index is 3.32. The molecule has 0 atom stereocenters. The molecule has 0 radical (unpaired) electrons. The third-order valence-electron chi connectivity index (χ3n) is 7.03. The minimum Gasteiger partial charge on any atom is -0.309 e. The van der Waals surface area contributed by atoms with Crippen molar-refractivity contribution in [2.24, 2.45) is 0 Å². The van der Waals surface area contributed by atoms with E-state index in [2.05, 4.69) is 150 Å². The molecular formula is C35H35N. The highest BCUT2D eigenvalue weighted by atomic mass is 15.0. The molecule has 1 aromatic heterocycles. The summed E-state index contributed by atoms with van der Waals surface area (Å²) in [6.45, 7) is 15.8. The maximum atomic E-state index is 3.32. The number of nitrogens with zero attached hydrogens (tertiary/aromatic N) is 1. The Balaban J connectivity index is 1.64. The predicted molar refractivity (Wildman–Crippen MR) is 155 cm³/mol. The number of hydrogen-bond donors (Lipinski definition) is 0. The number of fused-ring (bicyclic) bond motifs is 3. The van der Waals surface area contributed by atoms with E-state index in [1.165, 1.54) is 38.5 Å². The Morgan fingerprint density at radius 2 is 0.944 bits per heavy atom. The zero-order valence-corrected chi connectivity index (χ0v) is 22.5. The second-order valence-corrected chi connectivity index (χ2v) is 12.0. The zero-order chi connectivity index (χ0) is 25.7. The SMILES string of the molecule is Cc1ccc(C#Cc2ccc(-n3c4ccc(C(C)(C)C)cc4c4cc(C(C)(C)C)ccc43)cc2)cc1. The summed E-state index contributed by atoms with van der Waals surface area (Å²) in [5.74, 6) is 6.60. The standard InChI is InChI=1S/C35H35N/c1-24-8-10-25(11-9-24)12-13-26-14-18-29(19-15-26)36-32-20-16-27(34(2,3)4)22-30(32)31-23-28(35(5,6)7)17-21-33(31)36/h8-11,14-23H,1-7H3. The van der Waals surface area contributed by atoms with Gasteiger partial charge in [-0.25, -0.2) is 0 Å². The summed E-state index contributed by atoms with van der Waals surface area (Å²) in [6, 6.07) is 30.9. The summed E-state index contributed by atoms with van der Waals surface area (Å²) in [5.41, 5.74) is 9.85. The maximum Gasteiger partial charge on any atom is 0.0541 e. The topological polar surface area (TPSA) is 4.93 Å². The van der Waals surface area contributed by atoms with Gasteiger partial charge in [-0.3, -0.25) is 0 Å². The predicted octanol–water partition coefficient (Wildman–Crippen LogP) is 9.09. The van der Waals surface area contributed by atoms with Crippen molar-refractivity contribution in [1.29, 1.82) is 0 Å². The van der Waals surface area contributed by atoms with Gasteiger partial charge in [0.2, 0.25) is 0 Å². The molecule has 1 heterocycles. The fraction of sp³-hybridized carbons (Fsp3) is 0.257. The number of benzene rings is 4. The molecule has 0 amide bonds. The van der Waals surface area contributed by atoms with Crippen LogP contribution < -0.4 is 0 Å². The van der Waals surface area contributed by atoms with E-state index in [4.69, 9.17) is 0 Å². The van der Waals surface area contributed by atoms with Gasteiger partial charge in [-0.2, -0.15) is 0 Å². The molecule has 1 heteroatoms. The zero-order valence-electron chi connectivity index (χ0n) is 22.5. The molecule has 0 aliphatic rings. The van der Waals surface area contributed by atoms with Crippen LogP contribution >= 0.6 is 0 Å². The van der Waals surface area contributed by atoms with Crippen LogP contribution in [0.25, 0.3) is 27.5 Å². The lowest BCUT2D eigenvalue weighted by Crippen LogP contribution is -2.10. The number of aromatic nitrogens is 1. The third-order valence-corrected chi connectivity index (χ3v) is 7.03. The van der Waals surface area contributed by atoms with E-state index in [0.29, 0.717) is 0 Å². The Morgan fingerprint density at radius 3 is 1.36 bits per heavy atom. The molecule has 36 heavy (non-hydrogen) atoms. The molecule has 4 aromatic carbocycles. The highest BCUT2D eigenvalue weighted by Crippen LogP contribution is 2.37. The molecule has 0 aliphatic heterocycles. The highest BCUT2D eigenvalue weighted by Gasteiger charge is 2.20. The van der Waals surface area contributed by atoms with Crippen molar-refractivity contribution < 1.29 is 0 Å². The third kappa shape index (κ3) is 4.57.